The fraction of sp³-hybridized carbons (Fsp3) is 0.102. The molecule has 3 heterocycles. The van der Waals surface area contributed by atoms with Gasteiger partial charge in [0.2, 0.25) is 11.8 Å². The lowest BCUT2D eigenvalue weighted by Gasteiger charge is -2.36. The molecule has 11 rings (SSSR count). The van der Waals surface area contributed by atoms with Gasteiger partial charge < -0.3 is 4.74 Å². The van der Waals surface area contributed by atoms with E-state index in [1.54, 1.807) is 0 Å². The number of benzene rings is 6. The van der Waals surface area contributed by atoms with E-state index in [1.165, 1.54) is 33.2 Å². The van der Waals surface area contributed by atoms with Crippen molar-refractivity contribution in [3.8, 4) is 39.9 Å². The number of aryl methyl sites for hydroxylation is 1. The van der Waals surface area contributed by atoms with Gasteiger partial charge in [0.05, 0.1) is 16.7 Å². The minimum Gasteiger partial charge on any atom is -0.467 e. The molecule has 0 saturated carbocycles. The molecule has 6 heteroatoms. The topological polar surface area (TPSA) is 65.2 Å². The summed E-state index contributed by atoms with van der Waals surface area (Å²) in [6.45, 7) is 2.10. The van der Waals surface area contributed by atoms with Gasteiger partial charge in [0, 0.05) is 39.3 Å². The van der Waals surface area contributed by atoms with Gasteiger partial charge in [-0.05, 0) is 59.9 Å². The van der Waals surface area contributed by atoms with Crippen LogP contribution < -0.4 is 0 Å². The molecule has 55 heavy (non-hydrogen) atoms. The predicted octanol–water partition coefficient (Wildman–Crippen LogP) is 10.8. The van der Waals surface area contributed by atoms with Crippen LogP contribution in [0.1, 0.15) is 28.2 Å². The van der Waals surface area contributed by atoms with E-state index < -0.39 is 0 Å². The van der Waals surface area contributed by atoms with Gasteiger partial charge in [-0.2, -0.15) is 9.97 Å². The maximum atomic E-state index is 6.83. The van der Waals surface area contributed by atoms with Gasteiger partial charge in [0.15, 0.2) is 11.6 Å². The van der Waals surface area contributed by atoms with Crippen molar-refractivity contribution >= 4 is 27.7 Å². The maximum absolute atomic E-state index is 6.83. The quantitative estimate of drug-likeness (QED) is 0.178. The first kappa shape index (κ1) is 31.6. The number of aliphatic imine (C=N–C) groups is 1. The number of allylic oxidation sites excluding steroid dienone is 2. The largest absolute Gasteiger partial charge is 0.467 e. The van der Waals surface area contributed by atoms with Gasteiger partial charge >= 0.3 is 0 Å². The van der Waals surface area contributed by atoms with Crippen LogP contribution in [-0.4, -0.2) is 31.5 Å². The lowest BCUT2D eigenvalue weighted by Crippen LogP contribution is -2.32. The Balaban J connectivity index is 1.17. The molecule has 262 valence electrons. The van der Waals surface area contributed by atoms with E-state index in [-0.39, 0.29) is 17.9 Å². The minimum atomic E-state index is -0.216. The smallest absolute Gasteiger partial charge is 0.238 e. The Hall–Kier alpha value is -6.92. The first-order chi connectivity index (χ1) is 27.2. The Morgan fingerprint density at radius 1 is 0.618 bits per heavy atom. The fourth-order valence-corrected chi connectivity index (χ4v) is 8.78. The highest BCUT2D eigenvalue weighted by Crippen LogP contribution is 2.51. The molecule has 0 radical (unpaired) electrons. The van der Waals surface area contributed by atoms with Crippen LogP contribution in [0.3, 0.4) is 0 Å². The van der Waals surface area contributed by atoms with E-state index in [0.29, 0.717) is 23.5 Å². The van der Waals surface area contributed by atoms with Gasteiger partial charge in [-0.1, -0.05) is 145 Å². The Morgan fingerprint density at radius 2 is 1.31 bits per heavy atom. The van der Waals surface area contributed by atoms with Gasteiger partial charge in [0.25, 0.3) is 0 Å². The maximum Gasteiger partial charge on any atom is 0.238 e. The van der Waals surface area contributed by atoms with Crippen LogP contribution >= 0.6 is 0 Å². The Kier molecular flexibility index (Phi) is 7.24. The molecule has 0 bridgehead atoms. The van der Waals surface area contributed by atoms with Crippen molar-refractivity contribution in [1.82, 2.24) is 19.5 Å². The molecule has 1 aliphatic heterocycles. The van der Waals surface area contributed by atoms with Gasteiger partial charge in [0.1, 0.15) is 6.10 Å². The molecular weight excluding hydrogens is 675 g/mol. The zero-order valence-electron chi connectivity index (χ0n) is 30.2. The van der Waals surface area contributed by atoms with Crippen LogP contribution in [0, 0.1) is 12.8 Å². The SMILES string of the molecule is Cc1ccc(-c2nc(-c3ccccc3)nc(-n3c4ccccc4c4ccc5c(c43)C(C3C=CC=C4N=C(c6ccccc6)OC43)Cc3ccccc3-5)n2)cc1. The van der Waals surface area contributed by atoms with Crippen molar-refractivity contribution in [2.24, 2.45) is 10.9 Å². The first-order valence-corrected chi connectivity index (χ1v) is 18.9. The number of hydrogen-bond acceptors (Lipinski definition) is 5. The molecule has 0 amide bonds. The molecule has 2 aliphatic carbocycles. The summed E-state index contributed by atoms with van der Waals surface area (Å²) in [5, 5.41) is 2.32. The monoisotopic (exact) mass is 709 g/mol. The lowest BCUT2D eigenvalue weighted by molar-refractivity contribution is 0.177. The average Bonchev–Trinajstić information content (AvgIpc) is 3.84. The highest BCUT2D eigenvalue weighted by atomic mass is 16.5. The number of nitrogens with zero attached hydrogens (tertiary/aromatic N) is 5. The van der Waals surface area contributed by atoms with Crippen LogP contribution in [0.5, 0.6) is 0 Å². The second kappa shape index (κ2) is 12.6. The number of hydrogen-bond donors (Lipinski definition) is 0. The second-order valence-corrected chi connectivity index (χ2v) is 14.6. The van der Waals surface area contributed by atoms with E-state index in [9.17, 15) is 0 Å². The van der Waals surface area contributed by atoms with Crippen molar-refractivity contribution < 1.29 is 4.74 Å². The molecule has 6 aromatic carbocycles. The molecule has 0 saturated heterocycles. The summed E-state index contributed by atoms with van der Waals surface area (Å²) in [7, 11) is 0. The van der Waals surface area contributed by atoms with Crippen LogP contribution in [0.25, 0.3) is 61.7 Å². The normalized spacial score (nSPS) is 18.3. The third-order valence-corrected chi connectivity index (χ3v) is 11.4. The van der Waals surface area contributed by atoms with Gasteiger partial charge in [-0.25, -0.2) is 9.98 Å². The van der Waals surface area contributed by atoms with E-state index in [4.69, 9.17) is 24.7 Å². The van der Waals surface area contributed by atoms with Crippen molar-refractivity contribution in [3.05, 3.63) is 192 Å². The second-order valence-electron chi connectivity index (χ2n) is 14.6. The number of ether oxygens (including phenoxy) is 1. The van der Waals surface area contributed by atoms with Crippen molar-refractivity contribution in [2.45, 2.75) is 25.4 Å². The van der Waals surface area contributed by atoms with Crippen LogP contribution in [0.4, 0.5) is 0 Å². The van der Waals surface area contributed by atoms with Crippen LogP contribution in [0.15, 0.2) is 175 Å². The Morgan fingerprint density at radius 3 is 2.11 bits per heavy atom. The molecule has 0 N–H and O–H groups in total. The van der Waals surface area contributed by atoms with E-state index in [0.717, 1.165) is 45.2 Å². The summed E-state index contributed by atoms with van der Waals surface area (Å²) in [4.78, 5) is 20.7. The molecular formula is C49H35N5O. The summed E-state index contributed by atoms with van der Waals surface area (Å²) in [5.74, 6) is 2.63. The minimum absolute atomic E-state index is 0.0236. The summed E-state index contributed by atoms with van der Waals surface area (Å²) in [6, 6.07) is 50.9. The van der Waals surface area contributed by atoms with Crippen LogP contribution in [0.2, 0.25) is 0 Å². The number of rotatable bonds is 5. The van der Waals surface area contributed by atoms with Gasteiger partial charge in [-0.3, -0.25) is 4.57 Å². The highest BCUT2D eigenvalue weighted by Gasteiger charge is 2.42. The third-order valence-electron chi connectivity index (χ3n) is 11.4. The summed E-state index contributed by atoms with van der Waals surface area (Å²) >= 11 is 0. The molecule has 2 aromatic heterocycles. The summed E-state index contributed by atoms with van der Waals surface area (Å²) in [6.07, 6.45) is 7.24. The zero-order chi connectivity index (χ0) is 36.5. The number of aromatic nitrogens is 4. The van der Waals surface area contributed by atoms with E-state index in [1.807, 2.05) is 36.4 Å². The molecule has 0 fully saturated rings. The van der Waals surface area contributed by atoms with Crippen molar-refractivity contribution in [1.29, 1.82) is 0 Å². The predicted molar refractivity (Wildman–Crippen MR) is 220 cm³/mol. The van der Waals surface area contributed by atoms with E-state index >= 15 is 0 Å². The Labute approximate surface area is 318 Å². The van der Waals surface area contributed by atoms with Crippen molar-refractivity contribution in [2.75, 3.05) is 0 Å². The Bertz CT molecular complexity index is 2890. The molecule has 6 nitrogen and oxygen atoms in total. The first-order valence-electron chi connectivity index (χ1n) is 18.9. The molecule has 3 aliphatic rings. The molecule has 0 spiro atoms. The third kappa shape index (κ3) is 5.17. The average molecular weight is 710 g/mol. The number of para-hydroxylation sites is 1. The number of fused-ring (bicyclic) bond motifs is 8. The fourth-order valence-electron chi connectivity index (χ4n) is 8.78. The highest BCUT2D eigenvalue weighted by molar-refractivity contribution is 6.12. The standard InChI is InChI=1S/C49H35N5O/c1-30-23-25-32(26-24-30)47-51-46(31-13-4-2-5-14-31)52-49(53-47)54-42-22-11-10-19-36(42)38-28-27-37-35-18-9-8-17-34(35)29-40(43(37)44(38)54)39-20-12-21-41-45(39)55-48(50-41)33-15-6-3-7-16-33/h2-28,39-40,45H,29H2,1H3. The van der Waals surface area contributed by atoms with Gasteiger partial charge in [-0.15, -0.1) is 0 Å². The van der Waals surface area contributed by atoms with Crippen molar-refractivity contribution in [3.63, 3.8) is 0 Å². The summed E-state index contributed by atoms with van der Waals surface area (Å²) < 4.78 is 9.13. The molecule has 3 atom stereocenters. The molecule has 3 unspecified atom stereocenters. The zero-order valence-corrected chi connectivity index (χ0v) is 30.2. The van der Waals surface area contributed by atoms with E-state index in [2.05, 4.69) is 139 Å². The van der Waals surface area contributed by atoms with Crippen LogP contribution in [-0.2, 0) is 11.2 Å². The summed E-state index contributed by atoms with van der Waals surface area (Å²) in [5.41, 5.74) is 12.3. The molecule has 8 aromatic rings. The lowest BCUT2D eigenvalue weighted by atomic mass is 9.69.